The highest BCUT2D eigenvalue weighted by molar-refractivity contribution is 5.86. The second-order valence-electron chi connectivity index (χ2n) is 7.24. The zero-order valence-electron chi connectivity index (χ0n) is 16.2. The van der Waals surface area contributed by atoms with Gasteiger partial charge in [-0.25, -0.2) is 0 Å². The van der Waals surface area contributed by atoms with Gasteiger partial charge >= 0.3 is 0 Å². The summed E-state index contributed by atoms with van der Waals surface area (Å²) in [5.74, 6) is 0.113. The van der Waals surface area contributed by atoms with E-state index in [4.69, 9.17) is 4.74 Å². The van der Waals surface area contributed by atoms with E-state index in [0.29, 0.717) is 26.3 Å². The zero-order valence-corrected chi connectivity index (χ0v) is 16.2. The molecule has 1 fully saturated rings. The largest absolute Gasteiger partial charge is 0.378 e. The van der Waals surface area contributed by atoms with Crippen LogP contribution in [0.1, 0.15) is 30.1 Å². The predicted octanol–water partition coefficient (Wildman–Crippen LogP) is 4.09. The topological polar surface area (TPSA) is 41.6 Å². The molecule has 0 aliphatic carbocycles. The molecule has 0 spiro atoms. The van der Waals surface area contributed by atoms with Crippen molar-refractivity contribution in [1.29, 1.82) is 0 Å². The number of nitrogens with zero attached hydrogens (tertiary/aromatic N) is 1. The molecule has 1 saturated heterocycles. The molecule has 1 N–H and O–H groups in total. The summed E-state index contributed by atoms with van der Waals surface area (Å²) in [6, 6.07) is 24.4. The van der Waals surface area contributed by atoms with Gasteiger partial charge in [0.05, 0.1) is 13.2 Å². The normalized spacial score (nSPS) is 16.7. The molecule has 3 aromatic rings. The van der Waals surface area contributed by atoms with Crippen LogP contribution in [0.2, 0.25) is 0 Å². The average molecular weight is 374 g/mol. The summed E-state index contributed by atoms with van der Waals surface area (Å²) in [7, 11) is 0. The van der Waals surface area contributed by atoms with Crippen LogP contribution in [0.25, 0.3) is 10.8 Å². The maximum atomic E-state index is 13.3. The van der Waals surface area contributed by atoms with Gasteiger partial charge in [-0.3, -0.25) is 10.1 Å². The number of nitrogens with one attached hydrogen (secondary N) is 1. The molecule has 1 aliphatic heterocycles. The third kappa shape index (κ3) is 3.93. The second-order valence-corrected chi connectivity index (χ2v) is 7.24. The lowest BCUT2D eigenvalue weighted by Gasteiger charge is -2.32. The smallest absolute Gasteiger partial charge is 0.244 e. The molecular weight excluding hydrogens is 348 g/mol. The molecule has 144 valence electrons. The fourth-order valence-electron chi connectivity index (χ4n) is 3.89. The molecule has 1 aliphatic rings. The molecule has 0 radical (unpaired) electrons. The molecular formula is C24H26N2O2. The van der Waals surface area contributed by atoms with E-state index >= 15 is 0 Å². The van der Waals surface area contributed by atoms with Crippen molar-refractivity contribution in [2.75, 3.05) is 26.3 Å². The van der Waals surface area contributed by atoms with Gasteiger partial charge in [0, 0.05) is 19.1 Å². The van der Waals surface area contributed by atoms with Gasteiger partial charge in [-0.05, 0) is 28.8 Å². The average Bonchev–Trinajstić information content (AvgIpc) is 2.77. The molecule has 0 bridgehead atoms. The first-order valence-corrected chi connectivity index (χ1v) is 9.89. The Bertz CT molecular complexity index is 930. The van der Waals surface area contributed by atoms with E-state index in [1.807, 2.05) is 35.2 Å². The number of amides is 1. The summed E-state index contributed by atoms with van der Waals surface area (Å²) < 4.78 is 5.42. The number of hydrogen-bond acceptors (Lipinski definition) is 3. The van der Waals surface area contributed by atoms with Crippen molar-refractivity contribution in [3.8, 4) is 0 Å². The van der Waals surface area contributed by atoms with Gasteiger partial charge < -0.3 is 9.64 Å². The predicted molar refractivity (Wildman–Crippen MR) is 112 cm³/mol. The lowest BCUT2D eigenvalue weighted by molar-refractivity contribution is -0.138. The Morgan fingerprint density at radius 3 is 2.39 bits per heavy atom. The summed E-state index contributed by atoms with van der Waals surface area (Å²) in [4.78, 5) is 15.2. The van der Waals surface area contributed by atoms with Gasteiger partial charge in [-0.1, -0.05) is 72.8 Å². The maximum Gasteiger partial charge on any atom is 0.244 e. The van der Waals surface area contributed by atoms with Crippen molar-refractivity contribution in [3.63, 3.8) is 0 Å². The number of fused-ring (bicyclic) bond motifs is 1. The fourth-order valence-corrected chi connectivity index (χ4v) is 3.89. The van der Waals surface area contributed by atoms with Crippen LogP contribution in [0, 0.1) is 0 Å². The van der Waals surface area contributed by atoms with Crippen LogP contribution in [0.5, 0.6) is 0 Å². The van der Waals surface area contributed by atoms with Crippen LogP contribution < -0.4 is 5.32 Å². The highest BCUT2D eigenvalue weighted by atomic mass is 16.5. The molecule has 4 nitrogen and oxygen atoms in total. The van der Waals surface area contributed by atoms with Crippen LogP contribution >= 0.6 is 0 Å². The maximum absolute atomic E-state index is 13.3. The molecule has 1 heterocycles. The molecule has 2 atom stereocenters. The molecule has 4 heteroatoms. The van der Waals surface area contributed by atoms with Gasteiger partial charge in [0.1, 0.15) is 6.04 Å². The lowest BCUT2D eigenvalue weighted by Crippen LogP contribution is -2.46. The van der Waals surface area contributed by atoms with Crippen LogP contribution in [0.4, 0.5) is 0 Å². The Morgan fingerprint density at radius 2 is 1.61 bits per heavy atom. The number of benzene rings is 3. The number of carbonyl (C=O) groups is 1. The highest BCUT2D eigenvalue weighted by Gasteiger charge is 2.28. The quantitative estimate of drug-likeness (QED) is 0.731. The highest BCUT2D eigenvalue weighted by Crippen LogP contribution is 2.27. The Labute approximate surface area is 166 Å². The van der Waals surface area contributed by atoms with Crippen molar-refractivity contribution in [2.45, 2.75) is 19.0 Å². The standard InChI is InChI=1S/C24H26N2O2/c1-18(21-13-7-11-19-8-5-6-12-22(19)21)25-23(20-9-3-2-4-10-20)24(27)26-14-16-28-17-15-26/h2-13,18,23,25H,14-17H2,1H3/t18-,23-/m1/s1. The first kappa shape index (κ1) is 18.7. The molecule has 4 rings (SSSR count). The number of morpholine rings is 1. The van der Waals surface area contributed by atoms with Crippen LogP contribution in [-0.2, 0) is 9.53 Å². The van der Waals surface area contributed by atoms with E-state index in [1.165, 1.54) is 16.3 Å². The lowest BCUT2D eigenvalue weighted by atomic mass is 9.97. The van der Waals surface area contributed by atoms with E-state index in [1.54, 1.807) is 0 Å². The second kappa shape index (κ2) is 8.55. The van der Waals surface area contributed by atoms with Crippen molar-refractivity contribution < 1.29 is 9.53 Å². The molecule has 0 aromatic heterocycles. The molecule has 0 saturated carbocycles. The van der Waals surface area contributed by atoms with Gasteiger partial charge in [0.2, 0.25) is 5.91 Å². The first-order valence-electron chi connectivity index (χ1n) is 9.89. The van der Waals surface area contributed by atoms with E-state index < -0.39 is 0 Å². The molecule has 3 aromatic carbocycles. The summed E-state index contributed by atoms with van der Waals surface area (Å²) in [5.41, 5.74) is 2.19. The van der Waals surface area contributed by atoms with E-state index in [-0.39, 0.29) is 18.0 Å². The molecule has 0 unspecified atom stereocenters. The van der Waals surface area contributed by atoms with Crippen LogP contribution in [0.3, 0.4) is 0 Å². The molecule has 1 amide bonds. The van der Waals surface area contributed by atoms with Crippen molar-refractivity contribution >= 4 is 16.7 Å². The van der Waals surface area contributed by atoms with Crippen molar-refractivity contribution in [2.24, 2.45) is 0 Å². The minimum absolute atomic E-state index is 0.0290. The summed E-state index contributed by atoms with van der Waals surface area (Å²) in [6.07, 6.45) is 0. The number of hydrogen-bond donors (Lipinski definition) is 1. The third-order valence-corrected chi connectivity index (χ3v) is 5.41. The summed E-state index contributed by atoms with van der Waals surface area (Å²) >= 11 is 0. The number of carbonyl (C=O) groups excluding carboxylic acids is 1. The minimum Gasteiger partial charge on any atom is -0.378 e. The number of ether oxygens (including phenoxy) is 1. The first-order chi connectivity index (χ1) is 13.7. The monoisotopic (exact) mass is 374 g/mol. The van der Waals surface area contributed by atoms with E-state index in [0.717, 1.165) is 5.56 Å². The zero-order chi connectivity index (χ0) is 19.3. The van der Waals surface area contributed by atoms with Crippen LogP contribution in [-0.4, -0.2) is 37.1 Å². The Hall–Kier alpha value is -2.69. The Kier molecular flexibility index (Phi) is 5.70. The molecule has 28 heavy (non-hydrogen) atoms. The third-order valence-electron chi connectivity index (χ3n) is 5.41. The minimum atomic E-state index is -0.381. The van der Waals surface area contributed by atoms with Crippen molar-refractivity contribution in [1.82, 2.24) is 10.2 Å². The van der Waals surface area contributed by atoms with Gasteiger partial charge in [-0.15, -0.1) is 0 Å². The van der Waals surface area contributed by atoms with E-state index in [9.17, 15) is 4.79 Å². The van der Waals surface area contributed by atoms with Gasteiger partial charge in [-0.2, -0.15) is 0 Å². The Morgan fingerprint density at radius 1 is 0.929 bits per heavy atom. The van der Waals surface area contributed by atoms with Gasteiger partial charge in [0.15, 0.2) is 0 Å². The Balaban J connectivity index is 1.64. The van der Waals surface area contributed by atoms with Crippen LogP contribution in [0.15, 0.2) is 72.8 Å². The van der Waals surface area contributed by atoms with Crippen molar-refractivity contribution in [3.05, 3.63) is 83.9 Å². The number of rotatable bonds is 5. The van der Waals surface area contributed by atoms with Gasteiger partial charge in [0.25, 0.3) is 0 Å². The SMILES string of the molecule is C[C@@H](N[C@@H](C(=O)N1CCOCC1)c1ccccc1)c1cccc2ccccc12. The fraction of sp³-hybridized carbons (Fsp3) is 0.292. The summed E-state index contributed by atoms with van der Waals surface area (Å²) in [5, 5.41) is 6.04. The summed E-state index contributed by atoms with van der Waals surface area (Å²) in [6.45, 7) is 4.63. The van der Waals surface area contributed by atoms with E-state index in [2.05, 4.69) is 54.7 Å².